The van der Waals surface area contributed by atoms with Crippen molar-refractivity contribution in [2.75, 3.05) is 39.6 Å². The molecule has 0 radical (unpaired) electrons. The van der Waals surface area contributed by atoms with Gasteiger partial charge in [-0.25, -0.2) is 9.37 Å². The Morgan fingerprint density at radius 1 is 1.25 bits per heavy atom. The fourth-order valence-electron chi connectivity index (χ4n) is 2.45. The van der Waals surface area contributed by atoms with E-state index in [1.165, 1.54) is 13.2 Å². The number of ether oxygens (including phenoxy) is 1. The molecule has 0 aliphatic carbocycles. The number of oxazole rings is 1. The molecule has 0 amide bonds. The van der Waals surface area contributed by atoms with Gasteiger partial charge in [-0.15, -0.1) is 0 Å². The Morgan fingerprint density at radius 3 is 2.83 bits per heavy atom. The van der Waals surface area contributed by atoms with E-state index < -0.39 is 5.82 Å². The van der Waals surface area contributed by atoms with Crippen LogP contribution in [-0.2, 0) is 0 Å². The summed E-state index contributed by atoms with van der Waals surface area (Å²) in [4.78, 5) is 6.52. The summed E-state index contributed by atoms with van der Waals surface area (Å²) in [5.74, 6) is 0.182. The van der Waals surface area contributed by atoms with E-state index in [0.717, 1.165) is 18.8 Å². The van der Waals surface area contributed by atoms with Crippen molar-refractivity contribution in [3.63, 3.8) is 0 Å². The van der Waals surface area contributed by atoms with Gasteiger partial charge in [-0.2, -0.15) is 0 Å². The molecule has 0 spiro atoms. The minimum Gasteiger partial charge on any atom is -0.496 e. The molecule has 6 heteroatoms. The third-order valence-electron chi connectivity index (χ3n) is 3.68. The topological polar surface area (TPSA) is 50.5 Å². The van der Waals surface area contributed by atoms with Crippen LogP contribution in [0.25, 0.3) is 22.6 Å². The van der Waals surface area contributed by atoms with Gasteiger partial charge in [-0.05, 0) is 44.4 Å². The average molecular weight is 329 g/mol. The molecular weight excluding hydrogens is 309 g/mol. The predicted octanol–water partition coefficient (Wildman–Crippen LogP) is 3.62. The summed E-state index contributed by atoms with van der Waals surface area (Å²) < 4.78 is 25.1. The number of methoxy groups -OCH3 is 1. The van der Waals surface area contributed by atoms with Gasteiger partial charge in [0.15, 0.2) is 5.58 Å². The van der Waals surface area contributed by atoms with Gasteiger partial charge in [-0.3, -0.25) is 0 Å². The zero-order valence-corrected chi connectivity index (χ0v) is 14.0. The lowest BCUT2D eigenvalue weighted by Gasteiger charge is -2.10. The summed E-state index contributed by atoms with van der Waals surface area (Å²) in [6, 6.07) is 10.3. The minimum atomic E-state index is -0.426. The Kier molecular flexibility index (Phi) is 4.66. The Bertz CT molecular complexity index is 845. The molecule has 0 bridgehead atoms. The number of nitrogens with zero attached hydrogens (tertiary/aromatic N) is 2. The van der Waals surface area contributed by atoms with Crippen molar-refractivity contribution in [2.45, 2.75) is 0 Å². The number of rotatable bonds is 6. The second-order valence-electron chi connectivity index (χ2n) is 5.75. The molecular formula is C18H20FN3O2. The maximum absolute atomic E-state index is 14.2. The average Bonchev–Trinajstić information content (AvgIpc) is 2.96. The first-order valence-electron chi connectivity index (χ1n) is 7.70. The normalized spacial score (nSPS) is 11.2. The maximum atomic E-state index is 14.2. The highest BCUT2D eigenvalue weighted by Crippen LogP contribution is 2.34. The molecule has 1 heterocycles. The molecule has 1 aromatic heterocycles. The third-order valence-corrected chi connectivity index (χ3v) is 3.68. The Morgan fingerprint density at radius 2 is 2.08 bits per heavy atom. The molecule has 1 N–H and O–H groups in total. The molecule has 0 unspecified atom stereocenters. The lowest BCUT2D eigenvalue weighted by Crippen LogP contribution is -2.20. The van der Waals surface area contributed by atoms with Gasteiger partial charge in [0.2, 0.25) is 5.89 Å². The first-order valence-corrected chi connectivity index (χ1v) is 7.70. The van der Waals surface area contributed by atoms with Crippen molar-refractivity contribution in [1.82, 2.24) is 9.88 Å². The van der Waals surface area contributed by atoms with Crippen LogP contribution in [0.4, 0.5) is 10.1 Å². The van der Waals surface area contributed by atoms with E-state index >= 15 is 0 Å². The second-order valence-corrected chi connectivity index (χ2v) is 5.75. The van der Waals surface area contributed by atoms with E-state index in [2.05, 4.69) is 15.2 Å². The van der Waals surface area contributed by atoms with Crippen molar-refractivity contribution in [3.8, 4) is 17.2 Å². The SMILES string of the molecule is COc1cccc(F)c1-c1nc2cc(NCCN(C)C)ccc2o1. The number of anilines is 1. The summed E-state index contributed by atoms with van der Waals surface area (Å²) in [5, 5.41) is 3.33. The first kappa shape index (κ1) is 16.3. The van der Waals surface area contributed by atoms with Crippen molar-refractivity contribution in [2.24, 2.45) is 0 Å². The van der Waals surface area contributed by atoms with Gasteiger partial charge in [0.05, 0.1) is 7.11 Å². The fraction of sp³-hybridized carbons (Fsp3) is 0.278. The molecule has 5 nitrogen and oxygen atoms in total. The van der Waals surface area contributed by atoms with Gasteiger partial charge in [0.1, 0.15) is 22.6 Å². The molecule has 0 saturated carbocycles. The lowest BCUT2D eigenvalue weighted by molar-refractivity contribution is 0.411. The zero-order valence-electron chi connectivity index (χ0n) is 14.0. The Labute approximate surface area is 140 Å². The Hall–Kier alpha value is -2.60. The molecule has 0 saturated heterocycles. The quantitative estimate of drug-likeness (QED) is 0.748. The van der Waals surface area contributed by atoms with Crippen molar-refractivity contribution in [1.29, 1.82) is 0 Å². The van der Waals surface area contributed by atoms with Crippen molar-refractivity contribution >= 4 is 16.8 Å². The number of hydrogen-bond acceptors (Lipinski definition) is 5. The van der Waals surface area contributed by atoms with E-state index in [9.17, 15) is 4.39 Å². The first-order chi connectivity index (χ1) is 11.6. The summed E-state index contributed by atoms with van der Waals surface area (Å²) in [7, 11) is 5.54. The molecule has 126 valence electrons. The van der Waals surface area contributed by atoms with Crippen LogP contribution in [0.1, 0.15) is 0 Å². The van der Waals surface area contributed by atoms with Crippen LogP contribution in [0.5, 0.6) is 5.75 Å². The fourth-order valence-corrected chi connectivity index (χ4v) is 2.45. The van der Waals surface area contributed by atoms with Crippen LogP contribution in [0, 0.1) is 5.82 Å². The van der Waals surface area contributed by atoms with E-state index in [-0.39, 0.29) is 11.5 Å². The van der Waals surface area contributed by atoms with Crippen LogP contribution < -0.4 is 10.1 Å². The van der Waals surface area contributed by atoms with E-state index in [1.807, 2.05) is 32.3 Å². The van der Waals surface area contributed by atoms with Crippen LogP contribution in [0.2, 0.25) is 0 Å². The molecule has 0 atom stereocenters. The van der Waals surface area contributed by atoms with Gasteiger partial charge >= 0.3 is 0 Å². The molecule has 0 aliphatic rings. The molecule has 3 aromatic rings. The number of nitrogens with one attached hydrogen (secondary N) is 1. The second kappa shape index (κ2) is 6.88. The van der Waals surface area contributed by atoms with Crippen LogP contribution in [-0.4, -0.2) is 44.2 Å². The maximum Gasteiger partial charge on any atom is 0.234 e. The highest BCUT2D eigenvalue weighted by Gasteiger charge is 2.17. The summed E-state index contributed by atoms with van der Waals surface area (Å²) in [6.45, 7) is 1.75. The van der Waals surface area contributed by atoms with Crippen LogP contribution >= 0.6 is 0 Å². The predicted molar refractivity (Wildman–Crippen MR) is 93.0 cm³/mol. The lowest BCUT2D eigenvalue weighted by atomic mass is 10.2. The largest absolute Gasteiger partial charge is 0.496 e. The minimum absolute atomic E-state index is 0.213. The summed E-state index contributed by atoms with van der Waals surface area (Å²) in [6.07, 6.45) is 0. The molecule has 3 rings (SSSR count). The molecule has 2 aromatic carbocycles. The monoisotopic (exact) mass is 329 g/mol. The van der Waals surface area contributed by atoms with Crippen molar-refractivity contribution < 1.29 is 13.5 Å². The van der Waals surface area contributed by atoms with E-state index in [4.69, 9.17) is 9.15 Å². The molecule has 0 aliphatic heterocycles. The Balaban J connectivity index is 1.92. The number of fused-ring (bicyclic) bond motifs is 1. The highest BCUT2D eigenvalue weighted by atomic mass is 19.1. The molecule has 0 fully saturated rings. The zero-order chi connectivity index (χ0) is 17.1. The number of benzene rings is 2. The summed E-state index contributed by atoms with van der Waals surface area (Å²) in [5.41, 5.74) is 2.46. The smallest absolute Gasteiger partial charge is 0.234 e. The van der Waals surface area contributed by atoms with Gasteiger partial charge < -0.3 is 19.4 Å². The van der Waals surface area contributed by atoms with E-state index in [0.29, 0.717) is 16.8 Å². The van der Waals surface area contributed by atoms with Gasteiger partial charge in [0.25, 0.3) is 0 Å². The number of hydrogen-bond donors (Lipinski definition) is 1. The van der Waals surface area contributed by atoms with Crippen LogP contribution in [0.15, 0.2) is 40.8 Å². The number of aromatic nitrogens is 1. The third kappa shape index (κ3) is 3.33. The van der Waals surface area contributed by atoms with Crippen molar-refractivity contribution in [3.05, 3.63) is 42.2 Å². The highest BCUT2D eigenvalue weighted by molar-refractivity contribution is 5.81. The summed E-state index contributed by atoms with van der Waals surface area (Å²) >= 11 is 0. The molecule has 24 heavy (non-hydrogen) atoms. The van der Waals surface area contributed by atoms with Crippen LogP contribution in [0.3, 0.4) is 0 Å². The standard InChI is InChI=1S/C18H20FN3O2/c1-22(2)10-9-20-12-7-8-15-14(11-12)21-18(24-15)17-13(19)5-4-6-16(17)23-3/h4-8,11,20H,9-10H2,1-3H3. The number of halogens is 1. The number of likely N-dealkylation sites (N-methyl/N-ethyl adjacent to an activating group) is 1. The van der Waals surface area contributed by atoms with E-state index in [1.54, 1.807) is 12.1 Å². The van der Waals surface area contributed by atoms with Gasteiger partial charge in [-0.1, -0.05) is 6.07 Å². The van der Waals surface area contributed by atoms with Gasteiger partial charge in [0, 0.05) is 18.8 Å².